The smallest absolute Gasteiger partial charge is 0.0320 e. The molecule has 0 aliphatic heterocycles. The van der Waals surface area contributed by atoms with Gasteiger partial charge in [-0.25, -0.2) is 0 Å². The molecule has 108 valence electrons. The Kier molecular flexibility index (Phi) is 9.01. The van der Waals surface area contributed by atoms with Gasteiger partial charge in [-0.15, -0.1) is 0 Å². The molecule has 0 spiro atoms. The molecule has 0 atom stereocenters. The molecule has 0 unspecified atom stereocenters. The van der Waals surface area contributed by atoms with E-state index in [0.717, 1.165) is 28.0 Å². The zero-order chi connectivity index (χ0) is 14.1. The fourth-order valence-corrected chi connectivity index (χ4v) is 2.71. The van der Waals surface area contributed by atoms with Crippen LogP contribution < -0.4 is 5.32 Å². The van der Waals surface area contributed by atoms with E-state index >= 15 is 0 Å². The molecule has 0 heterocycles. The molecule has 1 aromatic carbocycles. The van der Waals surface area contributed by atoms with Gasteiger partial charge in [-0.05, 0) is 68.4 Å². The van der Waals surface area contributed by atoms with Crippen LogP contribution in [0.1, 0.15) is 51.5 Å². The first kappa shape index (κ1) is 17.2. The molecular weight excluding hydrogens is 366 g/mol. The van der Waals surface area contributed by atoms with Crippen molar-refractivity contribution in [2.75, 3.05) is 6.54 Å². The molecule has 0 saturated carbocycles. The van der Waals surface area contributed by atoms with Crippen molar-refractivity contribution in [3.05, 3.63) is 32.7 Å². The van der Waals surface area contributed by atoms with E-state index in [2.05, 4.69) is 69.2 Å². The Morgan fingerprint density at radius 1 is 1.00 bits per heavy atom. The van der Waals surface area contributed by atoms with Crippen LogP contribution in [0.15, 0.2) is 27.1 Å². The normalized spacial score (nSPS) is 11.2. The average Bonchev–Trinajstić information content (AvgIpc) is 2.36. The molecule has 0 fully saturated rings. The first-order chi connectivity index (χ1) is 9.09. The quantitative estimate of drug-likeness (QED) is 0.517. The molecule has 1 N–H and O–H groups in total. The summed E-state index contributed by atoms with van der Waals surface area (Å²) in [4.78, 5) is 0. The molecule has 1 nitrogen and oxygen atoms in total. The lowest BCUT2D eigenvalue weighted by Gasteiger charge is -2.07. The average molecular weight is 391 g/mol. The van der Waals surface area contributed by atoms with Crippen LogP contribution in [0.5, 0.6) is 0 Å². The van der Waals surface area contributed by atoms with E-state index in [9.17, 15) is 0 Å². The monoisotopic (exact) mass is 389 g/mol. The molecule has 1 rings (SSSR count). The van der Waals surface area contributed by atoms with Gasteiger partial charge in [0.1, 0.15) is 0 Å². The van der Waals surface area contributed by atoms with E-state index in [4.69, 9.17) is 0 Å². The maximum Gasteiger partial charge on any atom is 0.0320 e. The summed E-state index contributed by atoms with van der Waals surface area (Å²) in [6.07, 6.45) is 6.78. The second-order valence-electron chi connectivity index (χ2n) is 5.52. The Balaban J connectivity index is 2.03. The van der Waals surface area contributed by atoms with E-state index in [1.807, 2.05) is 0 Å². The van der Waals surface area contributed by atoms with Gasteiger partial charge in [-0.1, -0.05) is 45.6 Å². The van der Waals surface area contributed by atoms with Crippen molar-refractivity contribution in [1.29, 1.82) is 0 Å². The third-order valence-electron chi connectivity index (χ3n) is 3.20. The van der Waals surface area contributed by atoms with Gasteiger partial charge >= 0.3 is 0 Å². The van der Waals surface area contributed by atoms with Gasteiger partial charge in [-0.2, -0.15) is 0 Å². The number of unbranched alkanes of at least 4 members (excludes halogenated alkanes) is 3. The van der Waals surface area contributed by atoms with Gasteiger partial charge in [0.15, 0.2) is 0 Å². The van der Waals surface area contributed by atoms with Crippen LogP contribution in [0.4, 0.5) is 0 Å². The maximum atomic E-state index is 3.53. The highest BCUT2D eigenvalue weighted by molar-refractivity contribution is 9.13. The van der Waals surface area contributed by atoms with Gasteiger partial charge in [0.05, 0.1) is 0 Å². The van der Waals surface area contributed by atoms with Crippen molar-refractivity contribution in [1.82, 2.24) is 5.32 Å². The van der Waals surface area contributed by atoms with Crippen molar-refractivity contribution in [3.63, 3.8) is 0 Å². The summed E-state index contributed by atoms with van der Waals surface area (Å²) in [6.45, 7) is 6.68. The Morgan fingerprint density at radius 2 is 1.74 bits per heavy atom. The SMILES string of the molecule is CC(C)CCCCCCNCc1ccc(Br)c(Br)c1. The van der Waals surface area contributed by atoms with Gasteiger partial charge in [0, 0.05) is 15.5 Å². The number of rotatable bonds is 9. The third-order valence-corrected chi connectivity index (χ3v) is 5.08. The van der Waals surface area contributed by atoms with E-state index in [0.29, 0.717) is 0 Å². The van der Waals surface area contributed by atoms with Crippen LogP contribution in [-0.4, -0.2) is 6.54 Å². The lowest BCUT2D eigenvalue weighted by atomic mass is 10.0. The van der Waals surface area contributed by atoms with E-state index < -0.39 is 0 Å². The second-order valence-corrected chi connectivity index (χ2v) is 7.23. The number of hydrogen-bond donors (Lipinski definition) is 1. The second kappa shape index (κ2) is 9.95. The van der Waals surface area contributed by atoms with Crippen LogP contribution in [0.25, 0.3) is 0 Å². The van der Waals surface area contributed by atoms with Crippen molar-refractivity contribution < 1.29 is 0 Å². The molecular formula is C16H25Br2N. The zero-order valence-corrected chi connectivity index (χ0v) is 15.2. The lowest BCUT2D eigenvalue weighted by Crippen LogP contribution is -2.14. The number of halogens is 2. The highest BCUT2D eigenvalue weighted by atomic mass is 79.9. The number of benzene rings is 1. The highest BCUT2D eigenvalue weighted by Gasteiger charge is 1.98. The van der Waals surface area contributed by atoms with Crippen LogP contribution in [0, 0.1) is 5.92 Å². The summed E-state index contributed by atoms with van der Waals surface area (Å²) < 4.78 is 2.24. The Hall–Kier alpha value is 0.140. The van der Waals surface area contributed by atoms with Crippen molar-refractivity contribution in [3.8, 4) is 0 Å². The largest absolute Gasteiger partial charge is 0.313 e. The summed E-state index contributed by atoms with van der Waals surface area (Å²) in [5.74, 6) is 0.856. The van der Waals surface area contributed by atoms with Crippen molar-refractivity contribution in [2.45, 2.75) is 52.5 Å². The molecule has 0 saturated heterocycles. The minimum atomic E-state index is 0.856. The van der Waals surface area contributed by atoms with E-state index in [1.165, 1.54) is 37.7 Å². The summed E-state index contributed by atoms with van der Waals surface area (Å²) in [7, 11) is 0. The van der Waals surface area contributed by atoms with Gasteiger partial charge in [-0.3, -0.25) is 0 Å². The topological polar surface area (TPSA) is 12.0 Å². The van der Waals surface area contributed by atoms with E-state index in [1.54, 1.807) is 0 Å². The first-order valence-electron chi connectivity index (χ1n) is 7.24. The molecule has 3 heteroatoms. The maximum absolute atomic E-state index is 3.53. The molecule has 0 aromatic heterocycles. The lowest BCUT2D eigenvalue weighted by molar-refractivity contribution is 0.512. The van der Waals surface area contributed by atoms with Crippen LogP contribution in [-0.2, 0) is 6.54 Å². The molecule has 0 aliphatic rings. The fourth-order valence-electron chi connectivity index (χ4n) is 2.04. The van der Waals surface area contributed by atoms with Gasteiger partial charge < -0.3 is 5.32 Å². The molecule has 0 radical (unpaired) electrons. The Labute approximate surface area is 134 Å². The Bertz CT molecular complexity index is 364. The van der Waals surface area contributed by atoms with Crippen LogP contribution in [0.2, 0.25) is 0 Å². The van der Waals surface area contributed by atoms with Crippen LogP contribution in [0.3, 0.4) is 0 Å². The first-order valence-corrected chi connectivity index (χ1v) is 8.83. The zero-order valence-electron chi connectivity index (χ0n) is 12.0. The standard InChI is InChI=1S/C16H25Br2N/c1-13(2)7-5-3-4-6-10-19-12-14-8-9-15(17)16(18)11-14/h8-9,11,13,19H,3-7,10,12H2,1-2H3. The molecule has 0 bridgehead atoms. The van der Waals surface area contributed by atoms with Crippen molar-refractivity contribution in [2.24, 2.45) is 5.92 Å². The summed E-state index contributed by atoms with van der Waals surface area (Å²) >= 11 is 7.02. The minimum Gasteiger partial charge on any atom is -0.313 e. The summed E-state index contributed by atoms with van der Waals surface area (Å²) in [6, 6.07) is 6.41. The molecule has 0 aliphatic carbocycles. The molecule has 1 aromatic rings. The third kappa shape index (κ3) is 8.11. The van der Waals surface area contributed by atoms with E-state index in [-0.39, 0.29) is 0 Å². The van der Waals surface area contributed by atoms with Gasteiger partial charge in [0.25, 0.3) is 0 Å². The fraction of sp³-hybridized carbons (Fsp3) is 0.625. The highest BCUT2D eigenvalue weighted by Crippen LogP contribution is 2.23. The summed E-state index contributed by atoms with van der Waals surface area (Å²) in [5.41, 5.74) is 1.33. The van der Waals surface area contributed by atoms with Gasteiger partial charge in [0.2, 0.25) is 0 Å². The number of nitrogens with one attached hydrogen (secondary N) is 1. The number of hydrogen-bond acceptors (Lipinski definition) is 1. The molecule has 0 amide bonds. The van der Waals surface area contributed by atoms with Crippen LogP contribution >= 0.6 is 31.9 Å². The minimum absolute atomic E-state index is 0.856. The summed E-state index contributed by atoms with van der Waals surface area (Å²) in [5, 5.41) is 3.51. The predicted molar refractivity (Wildman–Crippen MR) is 91.5 cm³/mol. The van der Waals surface area contributed by atoms with Crippen molar-refractivity contribution >= 4 is 31.9 Å². The Morgan fingerprint density at radius 3 is 2.42 bits per heavy atom. The predicted octanol–water partition coefficient (Wildman–Crippen LogP) is 5.91. The molecule has 19 heavy (non-hydrogen) atoms.